The van der Waals surface area contributed by atoms with E-state index in [9.17, 15) is 0 Å². The topological polar surface area (TPSA) is 37.0 Å². The number of benzene rings is 1. The fourth-order valence-electron chi connectivity index (χ4n) is 1.98. The van der Waals surface area contributed by atoms with Gasteiger partial charge in [0.2, 0.25) is 0 Å². The number of rotatable bonds is 4. The molecule has 17 heavy (non-hydrogen) atoms. The van der Waals surface area contributed by atoms with Crippen LogP contribution in [-0.2, 0) is 6.54 Å². The van der Waals surface area contributed by atoms with Gasteiger partial charge in [-0.1, -0.05) is 13.8 Å². The van der Waals surface area contributed by atoms with E-state index < -0.39 is 0 Å². The van der Waals surface area contributed by atoms with Gasteiger partial charge in [-0.05, 0) is 30.7 Å². The minimum Gasteiger partial charge on any atom is -0.497 e. The zero-order valence-electron chi connectivity index (χ0n) is 10.9. The number of H-pyrrole nitrogens is 1. The van der Waals surface area contributed by atoms with Crippen molar-refractivity contribution in [2.75, 3.05) is 7.11 Å². The summed E-state index contributed by atoms with van der Waals surface area (Å²) < 4.78 is 5.28. The Morgan fingerprint density at radius 1 is 1.29 bits per heavy atom. The van der Waals surface area contributed by atoms with Gasteiger partial charge in [-0.15, -0.1) is 0 Å². The molecule has 0 saturated carbocycles. The molecule has 0 aliphatic rings. The van der Waals surface area contributed by atoms with Crippen LogP contribution in [0.2, 0.25) is 0 Å². The Bertz CT molecular complexity index is 514. The van der Waals surface area contributed by atoms with Crippen molar-refractivity contribution in [2.24, 2.45) is 0 Å². The van der Waals surface area contributed by atoms with E-state index >= 15 is 0 Å². The molecule has 3 nitrogen and oxygen atoms in total. The Balaban J connectivity index is 2.33. The molecular formula is C14H20N2O. The highest BCUT2D eigenvalue weighted by Gasteiger charge is 2.06. The summed E-state index contributed by atoms with van der Waals surface area (Å²) in [6.07, 6.45) is 0. The van der Waals surface area contributed by atoms with Crippen molar-refractivity contribution in [1.29, 1.82) is 0 Å². The fraction of sp³-hybridized carbons (Fsp3) is 0.429. The molecule has 0 spiro atoms. The van der Waals surface area contributed by atoms with Crippen molar-refractivity contribution < 1.29 is 4.74 Å². The van der Waals surface area contributed by atoms with Gasteiger partial charge in [-0.2, -0.15) is 0 Å². The number of aromatic amines is 1. The van der Waals surface area contributed by atoms with E-state index in [1.165, 1.54) is 22.2 Å². The molecule has 0 fully saturated rings. The Morgan fingerprint density at radius 2 is 2.06 bits per heavy atom. The van der Waals surface area contributed by atoms with E-state index in [0.29, 0.717) is 6.04 Å². The normalized spacial score (nSPS) is 11.4. The number of hydrogen-bond donors (Lipinski definition) is 2. The van der Waals surface area contributed by atoms with Crippen LogP contribution in [0.25, 0.3) is 10.9 Å². The van der Waals surface area contributed by atoms with Crippen molar-refractivity contribution in [2.45, 2.75) is 33.4 Å². The molecule has 0 bridgehead atoms. The lowest BCUT2D eigenvalue weighted by Gasteiger charge is -2.05. The summed E-state index contributed by atoms with van der Waals surface area (Å²) in [7, 11) is 1.70. The second-order valence-corrected chi connectivity index (χ2v) is 4.74. The lowest BCUT2D eigenvalue weighted by atomic mass is 10.1. The molecular weight excluding hydrogens is 212 g/mol. The third kappa shape index (κ3) is 2.61. The number of ether oxygens (including phenoxy) is 1. The smallest absolute Gasteiger partial charge is 0.119 e. The fourth-order valence-corrected chi connectivity index (χ4v) is 1.98. The summed E-state index contributed by atoms with van der Waals surface area (Å²) in [6, 6.07) is 6.80. The predicted molar refractivity (Wildman–Crippen MR) is 71.6 cm³/mol. The number of aryl methyl sites for hydroxylation is 1. The van der Waals surface area contributed by atoms with Crippen LogP contribution in [0.5, 0.6) is 5.75 Å². The number of hydrogen-bond acceptors (Lipinski definition) is 2. The van der Waals surface area contributed by atoms with Gasteiger partial charge in [0, 0.05) is 29.2 Å². The monoisotopic (exact) mass is 232 g/mol. The van der Waals surface area contributed by atoms with E-state index in [1.54, 1.807) is 7.11 Å². The Hall–Kier alpha value is -1.48. The first-order valence-electron chi connectivity index (χ1n) is 5.99. The van der Waals surface area contributed by atoms with E-state index in [0.717, 1.165) is 12.3 Å². The van der Waals surface area contributed by atoms with Crippen molar-refractivity contribution in [3.8, 4) is 5.75 Å². The molecule has 0 unspecified atom stereocenters. The van der Waals surface area contributed by atoms with Crippen LogP contribution in [-0.4, -0.2) is 18.1 Å². The Kier molecular flexibility index (Phi) is 3.38. The molecule has 0 aliphatic carbocycles. The maximum absolute atomic E-state index is 5.28. The van der Waals surface area contributed by atoms with E-state index in [1.807, 2.05) is 0 Å². The zero-order valence-corrected chi connectivity index (χ0v) is 10.9. The highest BCUT2D eigenvalue weighted by molar-refractivity contribution is 5.85. The maximum Gasteiger partial charge on any atom is 0.119 e. The predicted octanol–water partition coefficient (Wildman–Crippen LogP) is 2.98. The SMILES string of the molecule is COc1cc(C)c2[nH]c(CNC(C)C)cc2c1. The third-order valence-corrected chi connectivity index (χ3v) is 2.89. The first-order valence-corrected chi connectivity index (χ1v) is 5.99. The highest BCUT2D eigenvalue weighted by Crippen LogP contribution is 2.25. The summed E-state index contributed by atoms with van der Waals surface area (Å²) >= 11 is 0. The Morgan fingerprint density at radius 3 is 2.71 bits per heavy atom. The van der Waals surface area contributed by atoms with Crippen LogP contribution in [0.15, 0.2) is 18.2 Å². The van der Waals surface area contributed by atoms with Gasteiger partial charge in [-0.3, -0.25) is 0 Å². The standard InChI is InChI=1S/C14H20N2O/c1-9(2)15-8-12-6-11-7-13(17-4)5-10(3)14(11)16-12/h5-7,9,15-16H,8H2,1-4H3. The highest BCUT2D eigenvalue weighted by atomic mass is 16.5. The zero-order chi connectivity index (χ0) is 12.4. The third-order valence-electron chi connectivity index (χ3n) is 2.89. The minimum atomic E-state index is 0.497. The second kappa shape index (κ2) is 4.80. The van der Waals surface area contributed by atoms with Crippen LogP contribution in [0.3, 0.4) is 0 Å². The summed E-state index contributed by atoms with van der Waals surface area (Å²) in [6.45, 7) is 7.27. The lowest BCUT2D eigenvalue weighted by Crippen LogP contribution is -2.21. The average molecular weight is 232 g/mol. The van der Waals surface area contributed by atoms with Crippen LogP contribution in [0, 0.1) is 6.92 Å². The number of methoxy groups -OCH3 is 1. The first kappa shape index (κ1) is 12.0. The molecule has 1 aromatic heterocycles. The molecule has 3 heteroatoms. The minimum absolute atomic E-state index is 0.497. The van der Waals surface area contributed by atoms with Crippen LogP contribution >= 0.6 is 0 Å². The number of fused-ring (bicyclic) bond motifs is 1. The number of aromatic nitrogens is 1. The van der Waals surface area contributed by atoms with Crippen LogP contribution < -0.4 is 10.1 Å². The van der Waals surface area contributed by atoms with Crippen molar-refractivity contribution in [1.82, 2.24) is 10.3 Å². The quantitative estimate of drug-likeness (QED) is 0.850. The molecule has 1 aromatic carbocycles. The van der Waals surface area contributed by atoms with Gasteiger partial charge in [0.05, 0.1) is 7.11 Å². The molecule has 2 aromatic rings. The molecule has 2 N–H and O–H groups in total. The molecule has 1 heterocycles. The maximum atomic E-state index is 5.28. The van der Waals surface area contributed by atoms with E-state index in [4.69, 9.17) is 4.74 Å². The van der Waals surface area contributed by atoms with Gasteiger partial charge >= 0.3 is 0 Å². The number of nitrogens with one attached hydrogen (secondary N) is 2. The largest absolute Gasteiger partial charge is 0.497 e. The van der Waals surface area contributed by atoms with Gasteiger partial charge < -0.3 is 15.0 Å². The molecule has 0 atom stereocenters. The van der Waals surface area contributed by atoms with Gasteiger partial charge in [0.25, 0.3) is 0 Å². The van der Waals surface area contributed by atoms with Crippen molar-refractivity contribution in [3.63, 3.8) is 0 Å². The van der Waals surface area contributed by atoms with Crippen molar-refractivity contribution in [3.05, 3.63) is 29.5 Å². The van der Waals surface area contributed by atoms with Gasteiger partial charge in [0.15, 0.2) is 0 Å². The molecule has 0 saturated heterocycles. The van der Waals surface area contributed by atoms with Crippen LogP contribution in [0.1, 0.15) is 25.1 Å². The summed E-state index contributed by atoms with van der Waals surface area (Å²) in [4.78, 5) is 3.45. The molecule has 2 rings (SSSR count). The van der Waals surface area contributed by atoms with E-state index in [-0.39, 0.29) is 0 Å². The summed E-state index contributed by atoms with van der Waals surface area (Å²) in [5.74, 6) is 0.914. The molecule has 0 amide bonds. The average Bonchev–Trinajstić information content (AvgIpc) is 2.69. The summed E-state index contributed by atoms with van der Waals surface area (Å²) in [5.41, 5.74) is 3.63. The van der Waals surface area contributed by atoms with Gasteiger partial charge in [0.1, 0.15) is 5.75 Å². The second-order valence-electron chi connectivity index (χ2n) is 4.74. The summed E-state index contributed by atoms with van der Waals surface area (Å²) in [5, 5.41) is 4.62. The van der Waals surface area contributed by atoms with E-state index in [2.05, 4.69) is 49.3 Å². The molecule has 0 aliphatic heterocycles. The van der Waals surface area contributed by atoms with Gasteiger partial charge in [-0.25, -0.2) is 0 Å². The Labute approximate surface area is 102 Å². The van der Waals surface area contributed by atoms with Crippen molar-refractivity contribution >= 4 is 10.9 Å². The molecule has 92 valence electrons. The van der Waals surface area contributed by atoms with Crippen LogP contribution in [0.4, 0.5) is 0 Å². The lowest BCUT2D eigenvalue weighted by molar-refractivity contribution is 0.415. The first-order chi connectivity index (χ1) is 8.10. The molecule has 0 radical (unpaired) electrons.